The monoisotopic (exact) mass is 254 g/mol. The molecule has 0 fully saturated rings. The van der Waals surface area contributed by atoms with Gasteiger partial charge in [-0.2, -0.15) is 0 Å². The number of aliphatic carboxylic acids is 1. The second kappa shape index (κ2) is 6.58. The van der Waals surface area contributed by atoms with Crippen molar-refractivity contribution in [1.29, 1.82) is 0 Å². The molecule has 1 aromatic rings. The first-order valence-corrected chi connectivity index (χ1v) is 5.44. The molecule has 0 spiro atoms. The highest BCUT2D eigenvalue weighted by Gasteiger charge is 2.09. The Morgan fingerprint density at radius 2 is 2.17 bits per heavy atom. The first-order valence-electron chi connectivity index (χ1n) is 5.44. The maximum absolute atomic E-state index is 12.9. The molecule has 0 aliphatic carbocycles. The highest BCUT2D eigenvalue weighted by Crippen LogP contribution is 2.06. The van der Waals surface area contributed by atoms with E-state index in [9.17, 15) is 14.0 Å². The lowest BCUT2D eigenvalue weighted by Crippen LogP contribution is -2.37. The van der Waals surface area contributed by atoms with Crippen molar-refractivity contribution < 1.29 is 19.1 Å². The number of nitrogens with one attached hydrogen (secondary N) is 1. The van der Waals surface area contributed by atoms with Gasteiger partial charge in [0.25, 0.3) is 0 Å². The molecule has 0 aliphatic heterocycles. The van der Waals surface area contributed by atoms with Gasteiger partial charge >= 0.3 is 12.0 Å². The first kappa shape index (κ1) is 14.0. The van der Waals surface area contributed by atoms with E-state index in [1.807, 2.05) is 0 Å². The molecule has 0 heterocycles. The third kappa shape index (κ3) is 4.82. The van der Waals surface area contributed by atoms with Gasteiger partial charge in [-0.05, 0) is 17.7 Å². The number of urea groups is 1. The number of nitrogens with zero attached hydrogens (tertiary/aromatic N) is 1. The van der Waals surface area contributed by atoms with Gasteiger partial charge in [0.05, 0.1) is 6.42 Å². The lowest BCUT2D eigenvalue weighted by atomic mass is 10.2. The third-order valence-electron chi connectivity index (χ3n) is 2.27. The molecule has 0 saturated carbocycles. The Morgan fingerprint density at radius 1 is 1.44 bits per heavy atom. The van der Waals surface area contributed by atoms with E-state index in [0.717, 1.165) is 0 Å². The van der Waals surface area contributed by atoms with Crippen molar-refractivity contribution >= 4 is 12.0 Å². The zero-order chi connectivity index (χ0) is 13.5. The fourth-order valence-electron chi connectivity index (χ4n) is 1.39. The van der Waals surface area contributed by atoms with Gasteiger partial charge in [0.2, 0.25) is 0 Å². The summed E-state index contributed by atoms with van der Waals surface area (Å²) in [4.78, 5) is 23.2. The zero-order valence-electron chi connectivity index (χ0n) is 10.0. The molecule has 0 saturated heterocycles. The smallest absolute Gasteiger partial charge is 0.317 e. The number of hydrogen-bond acceptors (Lipinski definition) is 2. The van der Waals surface area contributed by atoms with E-state index in [4.69, 9.17) is 5.11 Å². The molecule has 0 aliphatic rings. The maximum Gasteiger partial charge on any atom is 0.317 e. The molecular weight excluding hydrogens is 239 g/mol. The average molecular weight is 254 g/mol. The summed E-state index contributed by atoms with van der Waals surface area (Å²) in [7, 11) is 1.56. The predicted molar refractivity (Wildman–Crippen MR) is 63.5 cm³/mol. The number of amides is 2. The van der Waals surface area contributed by atoms with E-state index in [1.165, 1.54) is 17.0 Å². The van der Waals surface area contributed by atoms with Crippen LogP contribution in [0.3, 0.4) is 0 Å². The zero-order valence-corrected chi connectivity index (χ0v) is 10.0. The van der Waals surface area contributed by atoms with Crippen LogP contribution in [0.4, 0.5) is 9.18 Å². The van der Waals surface area contributed by atoms with Crippen LogP contribution in [-0.2, 0) is 11.3 Å². The van der Waals surface area contributed by atoms with E-state index in [2.05, 4.69) is 5.32 Å². The molecule has 0 aromatic heterocycles. The second-order valence-electron chi connectivity index (χ2n) is 3.86. The number of hydrogen-bond donors (Lipinski definition) is 2. The number of carbonyl (C=O) groups excluding carboxylic acids is 1. The van der Waals surface area contributed by atoms with Crippen molar-refractivity contribution in [2.75, 3.05) is 13.6 Å². The summed E-state index contributed by atoms with van der Waals surface area (Å²) in [6.07, 6.45) is -0.125. The topological polar surface area (TPSA) is 69.6 Å². The Kier molecular flexibility index (Phi) is 5.10. The Hall–Kier alpha value is -2.11. The van der Waals surface area contributed by atoms with Crippen LogP contribution in [0.2, 0.25) is 0 Å². The van der Waals surface area contributed by atoms with Crippen molar-refractivity contribution in [3.8, 4) is 0 Å². The molecule has 1 rings (SSSR count). The summed E-state index contributed by atoms with van der Waals surface area (Å²) in [5.74, 6) is -1.32. The van der Waals surface area contributed by atoms with Gasteiger partial charge in [-0.3, -0.25) is 4.79 Å². The molecule has 2 amide bonds. The molecule has 1 aromatic carbocycles. The van der Waals surface area contributed by atoms with E-state index in [-0.39, 0.29) is 31.4 Å². The quantitative estimate of drug-likeness (QED) is 0.835. The molecule has 6 heteroatoms. The lowest BCUT2D eigenvalue weighted by Gasteiger charge is -2.17. The molecule has 18 heavy (non-hydrogen) atoms. The van der Waals surface area contributed by atoms with Gasteiger partial charge in [0.15, 0.2) is 0 Å². The fraction of sp³-hybridized carbons (Fsp3) is 0.333. The number of benzene rings is 1. The maximum atomic E-state index is 12.9. The number of carboxylic acids is 1. The molecule has 0 bridgehead atoms. The molecule has 2 N–H and O–H groups in total. The van der Waals surface area contributed by atoms with Gasteiger partial charge in [-0.1, -0.05) is 12.1 Å². The van der Waals surface area contributed by atoms with Gasteiger partial charge < -0.3 is 15.3 Å². The van der Waals surface area contributed by atoms with Gasteiger partial charge in [-0.25, -0.2) is 9.18 Å². The van der Waals surface area contributed by atoms with Gasteiger partial charge in [0.1, 0.15) is 5.82 Å². The standard InChI is InChI=1S/C12H15FN2O3/c1-15(12(18)14-6-5-11(16)17)8-9-3-2-4-10(13)7-9/h2-4,7H,5-6,8H2,1H3,(H,14,18)(H,16,17). The summed E-state index contributed by atoms with van der Waals surface area (Å²) >= 11 is 0. The minimum absolute atomic E-state index is 0.0711. The highest BCUT2D eigenvalue weighted by atomic mass is 19.1. The summed E-state index contributed by atoms with van der Waals surface area (Å²) in [5.41, 5.74) is 0.672. The summed E-state index contributed by atoms with van der Waals surface area (Å²) in [6, 6.07) is 5.57. The summed E-state index contributed by atoms with van der Waals surface area (Å²) in [6.45, 7) is 0.332. The van der Waals surface area contributed by atoms with E-state index < -0.39 is 5.97 Å². The van der Waals surface area contributed by atoms with Crippen LogP contribution >= 0.6 is 0 Å². The van der Waals surface area contributed by atoms with Crippen molar-refractivity contribution in [2.45, 2.75) is 13.0 Å². The number of carbonyl (C=O) groups is 2. The van der Waals surface area contributed by atoms with Crippen molar-refractivity contribution in [2.24, 2.45) is 0 Å². The van der Waals surface area contributed by atoms with Crippen LogP contribution in [0.5, 0.6) is 0 Å². The molecule has 98 valence electrons. The van der Waals surface area contributed by atoms with Gasteiger partial charge in [0, 0.05) is 20.1 Å². The Bertz CT molecular complexity index is 437. The molecule has 0 unspecified atom stereocenters. The lowest BCUT2D eigenvalue weighted by molar-refractivity contribution is -0.136. The van der Waals surface area contributed by atoms with Crippen LogP contribution < -0.4 is 5.32 Å². The van der Waals surface area contributed by atoms with Crippen LogP contribution in [0.15, 0.2) is 24.3 Å². The summed E-state index contributed by atoms with van der Waals surface area (Å²) < 4.78 is 12.9. The van der Waals surface area contributed by atoms with Crippen molar-refractivity contribution in [3.63, 3.8) is 0 Å². The summed E-state index contributed by atoms with van der Waals surface area (Å²) in [5, 5.41) is 10.9. The van der Waals surface area contributed by atoms with E-state index in [0.29, 0.717) is 5.56 Å². The Balaban J connectivity index is 2.42. The van der Waals surface area contributed by atoms with E-state index >= 15 is 0 Å². The largest absolute Gasteiger partial charge is 0.481 e. The minimum atomic E-state index is -0.969. The Morgan fingerprint density at radius 3 is 2.78 bits per heavy atom. The number of carboxylic acid groups (broad SMARTS) is 1. The second-order valence-corrected chi connectivity index (χ2v) is 3.86. The molecule has 0 radical (unpaired) electrons. The number of halogens is 1. The number of rotatable bonds is 5. The van der Waals surface area contributed by atoms with Crippen LogP contribution in [0.25, 0.3) is 0 Å². The van der Waals surface area contributed by atoms with Crippen molar-refractivity contribution in [1.82, 2.24) is 10.2 Å². The van der Waals surface area contributed by atoms with E-state index in [1.54, 1.807) is 19.2 Å². The van der Waals surface area contributed by atoms with Crippen LogP contribution in [0, 0.1) is 5.82 Å². The SMILES string of the molecule is CN(Cc1cccc(F)c1)C(=O)NCCC(=O)O. The van der Waals surface area contributed by atoms with Crippen LogP contribution in [0.1, 0.15) is 12.0 Å². The fourth-order valence-corrected chi connectivity index (χ4v) is 1.39. The third-order valence-corrected chi connectivity index (χ3v) is 2.27. The minimum Gasteiger partial charge on any atom is -0.481 e. The predicted octanol–water partition coefficient (Wildman–Crippen LogP) is 1.44. The first-order chi connectivity index (χ1) is 8.49. The van der Waals surface area contributed by atoms with Crippen LogP contribution in [-0.4, -0.2) is 35.6 Å². The van der Waals surface area contributed by atoms with Gasteiger partial charge in [-0.15, -0.1) is 0 Å². The molecular formula is C12H15FN2O3. The normalized spacial score (nSPS) is 9.89. The Labute approximate surface area is 104 Å². The average Bonchev–Trinajstić information content (AvgIpc) is 2.28. The molecule has 0 atom stereocenters. The highest BCUT2D eigenvalue weighted by molar-refractivity contribution is 5.74. The molecule has 5 nitrogen and oxygen atoms in total. The van der Waals surface area contributed by atoms with Crippen molar-refractivity contribution in [3.05, 3.63) is 35.6 Å².